The normalized spacial score (nSPS) is 14.4. The zero-order chi connectivity index (χ0) is 21.7. The van der Waals surface area contributed by atoms with Gasteiger partial charge in [-0.3, -0.25) is 10.1 Å². The molecule has 2 aromatic rings. The number of carbonyl (C=O) groups excluding carboxylic acids is 2. The van der Waals surface area contributed by atoms with Crippen LogP contribution < -0.4 is 20.1 Å². The molecule has 1 aliphatic heterocycles. The number of hydrogen-bond acceptors (Lipinski definition) is 4. The number of amides is 3. The molecular weight excluding hydrogens is 427 g/mol. The van der Waals surface area contributed by atoms with E-state index in [0.29, 0.717) is 40.1 Å². The summed E-state index contributed by atoms with van der Waals surface area (Å²) < 4.78 is 11.9. The van der Waals surface area contributed by atoms with Gasteiger partial charge >= 0.3 is 6.03 Å². The lowest BCUT2D eigenvalue weighted by molar-refractivity contribution is -0.115. The molecule has 0 radical (unpaired) electrons. The van der Waals surface area contributed by atoms with E-state index < -0.39 is 11.9 Å². The lowest BCUT2D eigenvalue weighted by Gasteiger charge is -2.17. The van der Waals surface area contributed by atoms with Crippen LogP contribution in [0.15, 0.2) is 48.7 Å². The second kappa shape index (κ2) is 9.69. The minimum Gasteiger partial charge on any atom is -0.490 e. The van der Waals surface area contributed by atoms with Crippen molar-refractivity contribution in [3.05, 3.63) is 75.4 Å². The molecule has 2 N–H and O–H groups in total. The number of rotatable bonds is 8. The predicted octanol–water partition coefficient (Wildman–Crippen LogP) is 4.88. The quantitative estimate of drug-likeness (QED) is 0.344. The van der Waals surface area contributed by atoms with E-state index in [1.165, 1.54) is 0 Å². The molecule has 1 heterocycles. The fourth-order valence-electron chi connectivity index (χ4n) is 2.93. The maximum absolute atomic E-state index is 11.8. The van der Waals surface area contributed by atoms with Crippen LogP contribution in [0.1, 0.15) is 23.6 Å². The summed E-state index contributed by atoms with van der Waals surface area (Å²) in [6, 6.07) is 8.36. The van der Waals surface area contributed by atoms with Crippen molar-refractivity contribution < 1.29 is 19.1 Å². The van der Waals surface area contributed by atoms with E-state index in [4.69, 9.17) is 32.7 Å². The largest absolute Gasteiger partial charge is 0.490 e. The van der Waals surface area contributed by atoms with Crippen LogP contribution in [0.3, 0.4) is 0 Å². The van der Waals surface area contributed by atoms with Gasteiger partial charge in [-0.05, 0) is 54.8 Å². The third-order valence-corrected chi connectivity index (χ3v) is 4.96. The third-order valence-electron chi connectivity index (χ3n) is 4.22. The Morgan fingerprint density at radius 3 is 2.50 bits per heavy atom. The first-order valence-corrected chi connectivity index (χ1v) is 9.98. The Morgan fingerprint density at radius 2 is 1.87 bits per heavy atom. The van der Waals surface area contributed by atoms with Gasteiger partial charge in [0.1, 0.15) is 12.3 Å². The minimum absolute atomic E-state index is 0.163. The zero-order valence-electron chi connectivity index (χ0n) is 16.3. The number of hydrogen-bond donors (Lipinski definition) is 2. The lowest BCUT2D eigenvalue weighted by Crippen LogP contribution is -2.22. The molecule has 0 saturated carbocycles. The minimum atomic E-state index is -0.552. The van der Waals surface area contributed by atoms with Crippen LogP contribution in [0, 0.1) is 0 Å². The molecule has 3 amide bonds. The fraction of sp³-hybridized carbons (Fsp3) is 0.182. The summed E-state index contributed by atoms with van der Waals surface area (Å²) in [5.41, 5.74) is 2.53. The van der Waals surface area contributed by atoms with Crippen molar-refractivity contribution in [2.75, 3.05) is 6.61 Å². The number of carbonyl (C=O) groups is 2. The van der Waals surface area contributed by atoms with E-state index in [9.17, 15) is 9.59 Å². The number of allylic oxidation sites excluding steroid dienone is 1. The van der Waals surface area contributed by atoms with Gasteiger partial charge in [0.05, 0.1) is 16.7 Å². The first kappa shape index (κ1) is 21.7. The maximum atomic E-state index is 11.8. The molecular formula is C22H20Cl2N2O4. The molecule has 1 fully saturated rings. The van der Waals surface area contributed by atoms with Gasteiger partial charge in [0.25, 0.3) is 5.91 Å². The summed E-state index contributed by atoms with van der Waals surface area (Å²) in [4.78, 5) is 23.2. The average molecular weight is 447 g/mol. The smallest absolute Gasteiger partial charge is 0.326 e. The van der Waals surface area contributed by atoms with E-state index in [0.717, 1.165) is 11.1 Å². The summed E-state index contributed by atoms with van der Waals surface area (Å²) in [7, 11) is 0. The van der Waals surface area contributed by atoms with Crippen LogP contribution in [0.5, 0.6) is 11.5 Å². The Labute approximate surface area is 184 Å². The summed E-state index contributed by atoms with van der Waals surface area (Å²) in [6.45, 7) is 6.36. The van der Waals surface area contributed by atoms with Gasteiger partial charge in [-0.15, -0.1) is 6.58 Å². The number of urea groups is 1. The summed E-state index contributed by atoms with van der Waals surface area (Å²) >= 11 is 12.1. The molecule has 1 saturated heterocycles. The van der Waals surface area contributed by atoms with Crippen LogP contribution in [0.25, 0.3) is 6.08 Å². The van der Waals surface area contributed by atoms with Crippen molar-refractivity contribution in [1.82, 2.24) is 10.6 Å². The van der Waals surface area contributed by atoms with Gasteiger partial charge < -0.3 is 14.8 Å². The fourth-order valence-corrected chi connectivity index (χ4v) is 3.26. The second-order valence-corrected chi connectivity index (χ2v) is 7.25. The van der Waals surface area contributed by atoms with Crippen molar-refractivity contribution in [2.45, 2.75) is 20.0 Å². The van der Waals surface area contributed by atoms with Gasteiger partial charge in [-0.2, -0.15) is 0 Å². The molecule has 2 aromatic carbocycles. The van der Waals surface area contributed by atoms with Crippen LogP contribution >= 0.6 is 23.2 Å². The predicted molar refractivity (Wildman–Crippen MR) is 117 cm³/mol. The number of halogens is 2. The molecule has 0 aliphatic carbocycles. The SMILES string of the molecule is C=CCc1cc(/C=C2/NC(=O)NC2=O)cc(OCC)c1OCc1ccc(Cl)c(Cl)c1. The van der Waals surface area contributed by atoms with Crippen molar-refractivity contribution in [3.63, 3.8) is 0 Å². The standard InChI is InChI=1S/C22H20Cl2N2O4/c1-3-5-15-8-14(10-18-21(27)26-22(28)25-18)11-19(29-4-2)20(15)30-12-13-6-7-16(23)17(24)9-13/h3,6-11H,1,4-5,12H2,2H3,(H2,25,26,27,28)/b18-10+. The van der Waals surface area contributed by atoms with Crippen molar-refractivity contribution in [3.8, 4) is 11.5 Å². The van der Waals surface area contributed by atoms with E-state index >= 15 is 0 Å². The van der Waals surface area contributed by atoms with E-state index in [2.05, 4.69) is 17.2 Å². The Kier molecular flexibility index (Phi) is 7.03. The molecule has 6 nitrogen and oxygen atoms in total. The molecule has 3 rings (SSSR count). The molecule has 0 unspecified atom stereocenters. The van der Waals surface area contributed by atoms with Crippen molar-refractivity contribution in [2.24, 2.45) is 0 Å². The highest BCUT2D eigenvalue weighted by atomic mass is 35.5. The summed E-state index contributed by atoms with van der Waals surface area (Å²) in [5.74, 6) is 0.613. The van der Waals surface area contributed by atoms with E-state index in [1.807, 2.05) is 19.1 Å². The molecule has 0 aromatic heterocycles. The monoisotopic (exact) mass is 446 g/mol. The Hall–Kier alpha value is -2.96. The lowest BCUT2D eigenvalue weighted by atomic mass is 10.0. The van der Waals surface area contributed by atoms with Crippen molar-refractivity contribution >= 4 is 41.2 Å². The first-order chi connectivity index (χ1) is 14.4. The van der Waals surface area contributed by atoms with Gasteiger partial charge in [0, 0.05) is 5.56 Å². The highest BCUT2D eigenvalue weighted by molar-refractivity contribution is 6.42. The van der Waals surface area contributed by atoms with Crippen LogP contribution in [-0.4, -0.2) is 18.5 Å². The molecule has 8 heteroatoms. The maximum Gasteiger partial charge on any atom is 0.326 e. The highest BCUT2D eigenvalue weighted by Gasteiger charge is 2.23. The number of benzene rings is 2. The van der Waals surface area contributed by atoms with Crippen LogP contribution in [0.4, 0.5) is 4.79 Å². The highest BCUT2D eigenvalue weighted by Crippen LogP contribution is 2.35. The molecule has 156 valence electrons. The topological polar surface area (TPSA) is 76.7 Å². The van der Waals surface area contributed by atoms with Crippen LogP contribution in [-0.2, 0) is 17.8 Å². The molecule has 0 spiro atoms. The third kappa shape index (κ3) is 5.14. The second-order valence-electron chi connectivity index (χ2n) is 6.44. The number of ether oxygens (including phenoxy) is 2. The summed E-state index contributed by atoms with van der Waals surface area (Å²) in [6.07, 6.45) is 3.85. The molecule has 1 aliphatic rings. The molecule has 0 bridgehead atoms. The Morgan fingerprint density at radius 1 is 1.07 bits per heavy atom. The van der Waals surface area contributed by atoms with Gasteiger partial charge in [-0.25, -0.2) is 4.79 Å². The van der Waals surface area contributed by atoms with E-state index in [1.54, 1.807) is 30.4 Å². The first-order valence-electron chi connectivity index (χ1n) is 9.22. The molecule has 30 heavy (non-hydrogen) atoms. The number of nitrogens with one attached hydrogen (secondary N) is 2. The number of imide groups is 1. The Balaban J connectivity index is 1.95. The van der Waals surface area contributed by atoms with Gasteiger partial charge in [0.2, 0.25) is 0 Å². The van der Waals surface area contributed by atoms with E-state index in [-0.39, 0.29) is 12.3 Å². The Bertz CT molecular complexity index is 1030. The molecule has 0 atom stereocenters. The van der Waals surface area contributed by atoms with Crippen LogP contribution in [0.2, 0.25) is 10.0 Å². The van der Waals surface area contributed by atoms with Crippen molar-refractivity contribution in [1.29, 1.82) is 0 Å². The summed E-state index contributed by atoms with van der Waals surface area (Å²) in [5, 5.41) is 5.57. The van der Waals surface area contributed by atoms with Gasteiger partial charge in [0.15, 0.2) is 11.5 Å². The van der Waals surface area contributed by atoms with Gasteiger partial charge in [-0.1, -0.05) is 35.3 Å². The average Bonchev–Trinajstić information content (AvgIpc) is 3.01. The zero-order valence-corrected chi connectivity index (χ0v) is 17.8.